The predicted octanol–water partition coefficient (Wildman–Crippen LogP) is -1.78. The molecule has 104 valence electrons. The molecular weight excluding hydrogens is 254 g/mol. The summed E-state index contributed by atoms with van der Waals surface area (Å²) in [6.45, 7) is -0.221. The molecule has 1 saturated heterocycles. The molecule has 0 amide bonds. The minimum atomic E-state index is -0.698. The molecule has 0 aliphatic carbocycles. The average molecular weight is 269 g/mol. The molecule has 6 N–H and O–H groups in total. The Morgan fingerprint density at radius 3 is 2.89 bits per heavy atom. The molecule has 2 aromatic rings. The highest BCUT2D eigenvalue weighted by atomic mass is 16.5. The Morgan fingerprint density at radius 1 is 1.42 bits per heavy atom. The zero-order valence-electron chi connectivity index (χ0n) is 9.97. The van der Waals surface area contributed by atoms with Crippen molar-refractivity contribution in [2.75, 3.05) is 12.3 Å². The van der Waals surface area contributed by atoms with E-state index < -0.39 is 18.4 Å². The van der Waals surface area contributed by atoms with E-state index in [1.165, 1.54) is 6.33 Å². The van der Waals surface area contributed by atoms with Crippen molar-refractivity contribution < 1.29 is 20.4 Å². The molecule has 0 radical (unpaired) electrons. The van der Waals surface area contributed by atoms with Gasteiger partial charge >= 0.3 is 0 Å². The third-order valence-corrected chi connectivity index (χ3v) is 3.08. The van der Waals surface area contributed by atoms with Crippen LogP contribution in [0.5, 0.6) is 0 Å². The fourth-order valence-corrected chi connectivity index (χ4v) is 2.13. The monoisotopic (exact) mass is 269 g/mol. The topological polar surface area (TPSA) is 151 Å². The quantitative estimate of drug-likeness (QED) is 0.583. The van der Waals surface area contributed by atoms with Gasteiger partial charge in [-0.2, -0.15) is 0 Å². The number of hydrogen-bond acceptors (Lipinski definition) is 7. The number of aliphatic hydroxyl groups is 2. The van der Waals surface area contributed by atoms with E-state index in [0.717, 1.165) is 0 Å². The van der Waals surface area contributed by atoms with Gasteiger partial charge in [0.15, 0.2) is 11.5 Å². The number of aliphatic hydroxyl groups excluding tert-OH is 2. The highest BCUT2D eigenvalue weighted by molar-refractivity contribution is 5.81. The van der Waals surface area contributed by atoms with Crippen molar-refractivity contribution in [2.24, 2.45) is 0 Å². The lowest BCUT2D eigenvalue weighted by Gasteiger charge is -2.13. The Balaban J connectivity index is 0.00000133. The van der Waals surface area contributed by atoms with Crippen molar-refractivity contribution >= 4 is 17.0 Å². The molecule has 1 fully saturated rings. The maximum atomic E-state index is 9.71. The lowest BCUT2D eigenvalue weighted by molar-refractivity contribution is -0.0432. The molecule has 1 aliphatic heterocycles. The van der Waals surface area contributed by atoms with E-state index in [-0.39, 0.29) is 12.1 Å². The van der Waals surface area contributed by atoms with Crippen LogP contribution in [0.1, 0.15) is 12.6 Å². The second-order valence-corrected chi connectivity index (χ2v) is 4.20. The Labute approximate surface area is 108 Å². The molecule has 19 heavy (non-hydrogen) atoms. The summed E-state index contributed by atoms with van der Waals surface area (Å²) in [5.41, 5.74) is 6.75. The lowest BCUT2D eigenvalue weighted by Crippen LogP contribution is -2.24. The lowest BCUT2D eigenvalue weighted by atomic mass is 10.2. The molecule has 0 bridgehead atoms. The molecule has 3 heterocycles. The van der Waals surface area contributed by atoms with Crippen molar-refractivity contribution in [1.82, 2.24) is 19.5 Å². The van der Waals surface area contributed by atoms with E-state index in [1.54, 1.807) is 10.9 Å². The summed E-state index contributed by atoms with van der Waals surface area (Å²) < 4.78 is 7.22. The molecule has 0 saturated carbocycles. The summed E-state index contributed by atoms with van der Waals surface area (Å²) >= 11 is 0. The van der Waals surface area contributed by atoms with Gasteiger partial charge in [-0.1, -0.05) is 0 Å². The van der Waals surface area contributed by atoms with E-state index in [2.05, 4.69) is 15.0 Å². The van der Waals surface area contributed by atoms with E-state index in [4.69, 9.17) is 15.6 Å². The number of ether oxygens (including phenoxy) is 1. The van der Waals surface area contributed by atoms with Gasteiger partial charge in [-0.25, -0.2) is 15.0 Å². The molecule has 9 nitrogen and oxygen atoms in total. The first-order valence-corrected chi connectivity index (χ1v) is 5.58. The molecule has 3 rings (SSSR count). The van der Waals surface area contributed by atoms with Crippen LogP contribution in [0.25, 0.3) is 11.2 Å². The number of anilines is 1. The number of imidazole rings is 1. The van der Waals surface area contributed by atoms with Crippen molar-refractivity contribution in [2.45, 2.75) is 24.9 Å². The summed E-state index contributed by atoms with van der Waals surface area (Å²) in [5.74, 6) is 0.302. The van der Waals surface area contributed by atoms with Crippen molar-refractivity contribution in [3.8, 4) is 0 Å². The second-order valence-electron chi connectivity index (χ2n) is 4.20. The minimum Gasteiger partial charge on any atom is -0.412 e. The van der Waals surface area contributed by atoms with Gasteiger partial charge in [-0.3, -0.25) is 4.57 Å². The van der Waals surface area contributed by atoms with E-state index in [0.29, 0.717) is 23.4 Å². The average Bonchev–Trinajstić information content (AvgIpc) is 2.93. The summed E-state index contributed by atoms with van der Waals surface area (Å²) in [6.07, 6.45) is 1.60. The molecule has 2 aromatic heterocycles. The highest BCUT2D eigenvalue weighted by Gasteiger charge is 2.35. The van der Waals surface area contributed by atoms with Gasteiger partial charge in [0.05, 0.1) is 19.0 Å². The summed E-state index contributed by atoms with van der Waals surface area (Å²) in [5, 5.41) is 18.8. The Bertz CT molecular complexity index is 574. The number of hydrogen-bond donors (Lipinski definition) is 3. The van der Waals surface area contributed by atoms with Crippen LogP contribution in [0.15, 0.2) is 12.7 Å². The fraction of sp³-hybridized carbons (Fsp3) is 0.500. The van der Waals surface area contributed by atoms with Crippen LogP contribution in [-0.4, -0.2) is 54.0 Å². The van der Waals surface area contributed by atoms with Crippen LogP contribution in [0.4, 0.5) is 5.82 Å². The van der Waals surface area contributed by atoms with Crippen LogP contribution in [0, 0.1) is 0 Å². The highest BCUT2D eigenvalue weighted by Crippen LogP contribution is 2.30. The number of nitrogens with two attached hydrogens (primary N) is 1. The number of nitrogen functional groups attached to an aromatic ring is 1. The first-order chi connectivity index (χ1) is 8.70. The summed E-state index contributed by atoms with van der Waals surface area (Å²) in [6, 6.07) is 0. The molecule has 1 unspecified atom stereocenters. The summed E-state index contributed by atoms with van der Waals surface area (Å²) in [7, 11) is 0. The first kappa shape index (κ1) is 13.6. The van der Waals surface area contributed by atoms with E-state index in [1.807, 2.05) is 0 Å². The SMILES string of the molecule is Nc1ncnc2c1ncn2[C@H]1CC(O)[C@@H](CO)O1.O. The van der Waals surface area contributed by atoms with Crippen LogP contribution >= 0.6 is 0 Å². The van der Waals surface area contributed by atoms with Gasteiger partial charge in [-0.15, -0.1) is 0 Å². The Kier molecular flexibility index (Phi) is 3.62. The normalized spacial score (nSPS) is 26.5. The van der Waals surface area contributed by atoms with Gasteiger partial charge in [-0.05, 0) is 0 Å². The third kappa shape index (κ3) is 2.12. The molecule has 1 aliphatic rings. The Hall–Kier alpha value is -1.81. The first-order valence-electron chi connectivity index (χ1n) is 5.58. The third-order valence-electron chi connectivity index (χ3n) is 3.08. The second kappa shape index (κ2) is 5.05. The van der Waals surface area contributed by atoms with Gasteiger partial charge < -0.3 is 26.2 Å². The van der Waals surface area contributed by atoms with Crippen LogP contribution in [-0.2, 0) is 4.74 Å². The number of nitrogens with zero attached hydrogens (tertiary/aromatic N) is 4. The van der Waals surface area contributed by atoms with Crippen molar-refractivity contribution in [3.05, 3.63) is 12.7 Å². The van der Waals surface area contributed by atoms with E-state index >= 15 is 0 Å². The van der Waals surface area contributed by atoms with E-state index in [9.17, 15) is 5.11 Å². The molecular formula is C10H15N5O4. The standard InChI is InChI=1S/C10H13N5O3.H2O/c11-9-8-10(13-3-12-9)15(4-14-8)7-1-5(17)6(2-16)18-7;/h3-7,16-17H,1-2H2,(H2,11,12,13);1H2/t5?,6-,7-;/m1./s1. The molecule has 9 heteroatoms. The molecule has 3 atom stereocenters. The number of aromatic nitrogens is 4. The summed E-state index contributed by atoms with van der Waals surface area (Å²) in [4.78, 5) is 12.1. The minimum absolute atomic E-state index is 0. The van der Waals surface area contributed by atoms with Crippen molar-refractivity contribution in [3.63, 3.8) is 0 Å². The molecule has 0 spiro atoms. The maximum absolute atomic E-state index is 9.71. The van der Waals surface area contributed by atoms with Crippen LogP contribution in [0.3, 0.4) is 0 Å². The van der Waals surface area contributed by atoms with Crippen LogP contribution in [0.2, 0.25) is 0 Å². The zero-order valence-corrected chi connectivity index (χ0v) is 9.97. The fourth-order valence-electron chi connectivity index (χ4n) is 2.13. The van der Waals surface area contributed by atoms with Gasteiger partial charge in [0.25, 0.3) is 0 Å². The van der Waals surface area contributed by atoms with Gasteiger partial charge in [0.1, 0.15) is 24.2 Å². The van der Waals surface area contributed by atoms with Crippen molar-refractivity contribution in [1.29, 1.82) is 0 Å². The van der Waals surface area contributed by atoms with Crippen LogP contribution < -0.4 is 5.73 Å². The number of rotatable bonds is 2. The molecule has 0 aromatic carbocycles. The maximum Gasteiger partial charge on any atom is 0.167 e. The predicted molar refractivity (Wildman–Crippen MR) is 65.0 cm³/mol. The number of fused-ring (bicyclic) bond motifs is 1. The van der Waals surface area contributed by atoms with Gasteiger partial charge in [0.2, 0.25) is 0 Å². The van der Waals surface area contributed by atoms with Gasteiger partial charge in [0, 0.05) is 6.42 Å². The largest absolute Gasteiger partial charge is 0.412 e. The zero-order chi connectivity index (χ0) is 12.7. The smallest absolute Gasteiger partial charge is 0.167 e. The Morgan fingerprint density at radius 2 is 2.21 bits per heavy atom.